The molecule has 2 atom stereocenters. The minimum atomic E-state index is -4.86. The highest BCUT2D eigenvalue weighted by atomic mass is 19.4. The second kappa shape index (κ2) is 7.46. The minimum absolute atomic E-state index is 0.0252. The Balaban J connectivity index is 2.15. The molecule has 1 fully saturated rings. The second-order valence-electron chi connectivity index (χ2n) is 6.46. The number of halogens is 6. The molecule has 1 N–H and O–H groups in total. The third kappa shape index (κ3) is 4.90. The van der Waals surface area contributed by atoms with Crippen molar-refractivity contribution in [3.05, 3.63) is 34.9 Å². The number of carbonyl (C=O) groups is 1. The van der Waals surface area contributed by atoms with E-state index in [0.717, 1.165) is 18.6 Å². The number of amides is 1. The number of likely N-dealkylation sites (tertiary alicyclic amines) is 1. The van der Waals surface area contributed by atoms with Gasteiger partial charge in [0.05, 0.1) is 11.1 Å². The van der Waals surface area contributed by atoms with Crippen molar-refractivity contribution in [3.8, 4) is 0 Å². The summed E-state index contributed by atoms with van der Waals surface area (Å²) in [5, 5.41) is 2.98. The fraction of sp³-hybridized carbons (Fsp3) is 0.588. The molecule has 2 rings (SSSR count). The lowest BCUT2D eigenvalue weighted by molar-refractivity contribution is -0.143. The predicted molar refractivity (Wildman–Crippen MR) is 83.2 cm³/mol. The molecule has 9 heteroatoms. The summed E-state index contributed by atoms with van der Waals surface area (Å²) in [4.78, 5) is 13.3. The summed E-state index contributed by atoms with van der Waals surface area (Å²) >= 11 is 0. The van der Waals surface area contributed by atoms with Crippen LogP contribution in [0.25, 0.3) is 0 Å². The van der Waals surface area contributed by atoms with Crippen LogP contribution in [0.3, 0.4) is 0 Å². The van der Waals surface area contributed by atoms with Crippen LogP contribution in [0, 0.1) is 0 Å². The van der Waals surface area contributed by atoms with Gasteiger partial charge < -0.3 is 10.2 Å². The SMILES string of the molecule is CC[C@@H]1C[C@H](NCc2cc(C(F)(F)F)cc(C(F)(F)F)c2)CN1C(C)=O. The van der Waals surface area contributed by atoms with Gasteiger partial charge in [0, 0.05) is 32.1 Å². The Morgan fingerprint density at radius 3 is 2.04 bits per heavy atom. The third-order valence-corrected chi connectivity index (χ3v) is 4.53. The van der Waals surface area contributed by atoms with Gasteiger partial charge in [-0.05, 0) is 36.6 Å². The van der Waals surface area contributed by atoms with Gasteiger partial charge in [-0.1, -0.05) is 6.92 Å². The van der Waals surface area contributed by atoms with Crippen molar-refractivity contribution in [2.45, 2.75) is 57.7 Å². The smallest absolute Gasteiger partial charge is 0.338 e. The van der Waals surface area contributed by atoms with E-state index in [4.69, 9.17) is 0 Å². The first-order valence-corrected chi connectivity index (χ1v) is 8.20. The molecule has 1 aromatic carbocycles. The summed E-state index contributed by atoms with van der Waals surface area (Å²) in [5.74, 6) is -0.0976. The highest BCUT2D eigenvalue weighted by Crippen LogP contribution is 2.36. The first-order chi connectivity index (χ1) is 11.9. The normalized spacial score (nSPS) is 21.3. The first kappa shape index (κ1) is 20.5. The molecule has 0 aliphatic carbocycles. The zero-order valence-electron chi connectivity index (χ0n) is 14.3. The molecular weight excluding hydrogens is 362 g/mol. The lowest BCUT2D eigenvalue weighted by Crippen LogP contribution is -2.35. The molecule has 1 aliphatic rings. The van der Waals surface area contributed by atoms with Crippen LogP contribution in [0.4, 0.5) is 26.3 Å². The van der Waals surface area contributed by atoms with E-state index in [9.17, 15) is 31.1 Å². The van der Waals surface area contributed by atoms with Gasteiger partial charge in [0.15, 0.2) is 0 Å². The summed E-state index contributed by atoms with van der Waals surface area (Å²) in [6.45, 7) is 3.61. The molecule has 3 nitrogen and oxygen atoms in total. The number of hydrogen-bond acceptors (Lipinski definition) is 2. The lowest BCUT2D eigenvalue weighted by atomic mass is 10.0. The fourth-order valence-corrected chi connectivity index (χ4v) is 3.22. The second-order valence-corrected chi connectivity index (χ2v) is 6.46. The summed E-state index contributed by atoms with van der Waals surface area (Å²) < 4.78 is 77.3. The Hall–Kier alpha value is -1.77. The zero-order valence-corrected chi connectivity index (χ0v) is 14.3. The van der Waals surface area contributed by atoms with Crippen molar-refractivity contribution in [1.82, 2.24) is 10.2 Å². The highest BCUT2D eigenvalue weighted by Gasteiger charge is 2.37. The van der Waals surface area contributed by atoms with E-state index in [-0.39, 0.29) is 36.2 Å². The average molecular weight is 382 g/mol. The maximum atomic E-state index is 12.9. The van der Waals surface area contributed by atoms with Crippen molar-refractivity contribution in [2.75, 3.05) is 6.54 Å². The summed E-state index contributed by atoms with van der Waals surface area (Å²) in [6, 6.07) is 1.41. The lowest BCUT2D eigenvalue weighted by Gasteiger charge is -2.21. The van der Waals surface area contributed by atoms with Crippen molar-refractivity contribution < 1.29 is 31.1 Å². The maximum Gasteiger partial charge on any atom is 0.416 e. The Bertz CT molecular complexity index is 623. The topological polar surface area (TPSA) is 32.3 Å². The number of alkyl halides is 6. The number of rotatable bonds is 4. The largest absolute Gasteiger partial charge is 0.416 e. The molecule has 1 aromatic rings. The molecule has 0 aromatic heterocycles. The molecule has 0 saturated carbocycles. The van der Waals surface area contributed by atoms with Gasteiger partial charge in [0.1, 0.15) is 0 Å². The third-order valence-electron chi connectivity index (χ3n) is 4.53. The molecule has 0 spiro atoms. The Kier molecular flexibility index (Phi) is 5.89. The summed E-state index contributed by atoms with van der Waals surface area (Å²) in [6.07, 6.45) is -8.37. The fourth-order valence-electron chi connectivity index (χ4n) is 3.22. The number of hydrogen-bond donors (Lipinski definition) is 1. The molecule has 1 heterocycles. The van der Waals surface area contributed by atoms with Crippen LogP contribution in [0.2, 0.25) is 0 Å². The van der Waals surface area contributed by atoms with Crippen molar-refractivity contribution in [2.24, 2.45) is 0 Å². The van der Waals surface area contributed by atoms with E-state index in [2.05, 4.69) is 5.32 Å². The van der Waals surface area contributed by atoms with Crippen LogP contribution >= 0.6 is 0 Å². The molecule has 0 radical (unpaired) electrons. The van der Waals surface area contributed by atoms with Gasteiger partial charge in [0.25, 0.3) is 0 Å². The number of carbonyl (C=O) groups excluding carboxylic acids is 1. The molecule has 146 valence electrons. The van der Waals surface area contributed by atoms with Crippen LogP contribution < -0.4 is 5.32 Å². The van der Waals surface area contributed by atoms with Crippen molar-refractivity contribution in [3.63, 3.8) is 0 Å². The molecule has 1 aliphatic heterocycles. The summed E-state index contributed by atoms with van der Waals surface area (Å²) in [5.41, 5.74) is -2.75. The molecule has 1 amide bonds. The molecule has 0 bridgehead atoms. The number of nitrogens with one attached hydrogen (secondary N) is 1. The van der Waals surface area contributed by atoms with Crippen LogP contribution in [0.5, 0.6) is 0 Å². The van der Waals surface area contributed by atoms with E-state index in [0.29, 0.717) is 13.0 Å². The van der Waals surface area contributed by atoms with E-state index in [1.54, 1.807) is 4.90 Å². The van der Waals surface area contributed by atoms with Gasteiger partial charge in [-0.2, -0.15) is 26.3 Å². The molecular formula is C17H20F6N2O. The Labute approximate surface area is 147 Å². The van der Waals surface area contributed by atoms with E-state index >= 15 is 0 Å². The quantitative estimate of drug-likeness (QED) is 0.792. The Morgan fingerprint density at radius 1 is 1.12 bits per heavy atom. The molecule has 1 saturated heterocycles. The standard InChI is InChI=1S/C17H20F6N2O/c1-3-15-7-14(9-25(15)10(2)26)24-8-11-4-12(16(18,19)20)6-13(5-11)17(21,22)23/h4-6,14-15,24H,3,7-9H2,1-2H3/t14-,15+/m0/s1. The monoisotopic (exact) mass is 382 g/mol. The van der Waals surface area contributed by atoms with Gasteiger partial charge in [-0.25, -0.2) is 0 Å². The number of benzene rings is 1. The Morgan fingerprint density at radius 2 is 1.65 bits per heavy atom. The van der Waals surface area contributed by atoms with Gasteiger partial charge in [-0.3, -0.25) is 4.79 Å². The van der Waals surface area contributed by atoms with Crippen LogP contribution in [-0.4, -0.2) is 29.4 Å². The van der Waals surface area contributed by atoms with E-state index < -0.39 is 23.5 Å². The van der Waals surface area contributed by atoms with E-state index in [1.807, 2.05) is 6.92 Å². The van der Waals surface area contributed by atoms with Crippen LogP contribution in [0.1, 0.15) is 43.4 Å². The molecule has 26 heavy (non-hydrogen) atoms. The van der Waals surface area contributed by atoms with E-state index in [1.165, 1.54) is 6.92 Å². The molecule has 0 unspecified atom stereocenters. The highest BCUT2D eigenvalue weighted by molar-refractivity contribution is 5.74. The van der Waals surface area contributed by atoms with Crippen LogP contribution in [0.15, 0.2) is 18.2 Å². The summed E-state index contributed by atoms with van der Waals surface area (Å²) in [7, 11) is 0. The predicted octanol–water partition coefficient (Wildman–Crippen LogP) is 4.21. The minimum Gasteiger partial charge on any atom is -0.338 e. The van der Waals surface area contributed by atoms with Gasteiger partial charge in [0.2, 0.25) is 5.91 Å². The maximum absolute atomic E-state index is 12.9. The number of nitrogens with zero attached hydrogens (tertiary/aromatic N) is 1. The van der Waals surface area contributed by atoms with Gasteiger partial charge >= 0.3 is 12.4 Å². The van der Waals surface area contributed by atoms with Crippen LogP contribution in [-0.2, 0) is 23.7 Å². The zero-order chi connectivity index (χ0) is 19.7. The van der Waals surface area contributed by atoms with Crippen molar-refractivity contribution in [1.29, 1.82) is 0 Å². The van der Waals surface area contributed by atoms with Crippen molar-refractivity contribution >= 4 is 5.91 Å². The average Bonchev–Trinajstić information content (AvgIpc) is 2.94. The first-order valence-electron chi connectivity index (χ1n) is 8.20. The van der Waals surface area contributed by atoms with Gasteiger partial charge in [-0.15, -0.1) is 0 Å².